The average Bonchev–Trinajstić information content (AvgIpc) is 2.61. The van der Waals surface area contributed by atoms with Crippen LogP contribution < -0.4 is 5.32 Å². The summed E-state index contributed by atoms with van der Waals surface area (Å²) in [6.45, 7) is 2.43. The second-order valence-corrected chi connectivity index (χ2v) is 6.32. The van der Waals surface area contributed by atoms with Crippen molar-refractivity contribution in [2.45, 2.75) is 62.7 Å². The normalized spacial score (nSPS) is 40.1. The first-order valence-electron chi connectivity index (χ1n) is 7.40. The summed E-state index contributed by atoms with van der Waals surface area (Å²) in [7, 11) is 4.72. The molecule has 3 aliphatic rings. The SMILES string of the molecule is CN(C1CCNCC1)C1C[C@@H]2CC[C@@H](C1)N2C. The molecule has 0 aromatic rings. The molecular formula is C14H27N3. The summed E-state index contributed by atoms with van der Waals surface area (Å²) in [5.41, 5.74) is 0. The van der Waals surface area contributed by atoms with E-state index in [4.69, 9.17) is 0 Å². The van der Waals surface area contributed by atoms with Gasteiger partial charge in [-0.3, -0.25) is 0 Å². The number of hydrogen-bond acceptors (Lipinski definition) is 3. The van der Waals surface area contributed by atoms with Gasteiger partial charge in [0.15, 0.2) is 0 Å². The first-order chi connectivity index (χ1) is 8.25. The minimum absolute atomic E-state index is 0.837. The molecule has 0 amide bonds. The monoisotopic (exact) mass is 237 g/mol. The van der Waals surface area contributed by atoms with Crippen molar-refractivity contribution < 1.29 is 0 Å². The van der Waals surface area contributed by atoms with Crippen molar-refractivity contribution in [1.82, 2.24) is 15.1 Å². The van der Waals surface area contributed by atoms with E-state index < -0.39 is 0 Å². The highest BCUT2D eigenvalue weighted by Gasteiger charge is 2.40. The van der Waals surface area contributed by atoms with Crippen molar-refractivity contribution in [3.8, 4) is 0 Å². The van der Waals surface area contributed by atoms with Gasteiger partial charge in [0.1, 0.15) is 0 Å². The molecule has 17 heavy (non-hydrogen) atoms. The molecule has 2 atom stereocenters. The Morgan fingerprint density at radius 3 is 2.12 bits per heavy atom. The summed E-state index contributed by atoms with van der Waals surface area (Å²) in [5, 5.41) is 3.47. The third-order valence-electron chi connectivity index (χ3n) is 5.53. The van der Waals surface area contributed by atoms with E-state index in [9.17, 15) is 0 Å². The lowest BCUT2D eigenvalue weighted by Crippen LogP contribution is -2.52. The van der Waals surface area contributed by atoms with Gasteiger partial charge in [0.25, 0.3) is 0 Å². The van der Waals surface area contributed by atoms with E-state index in [0.717, 1.165) is 24.2 Å². The molecule has 3 nitrogen and oxygen atoms in total. The van der Waals surface area contributed by atoms with Gasteiger partial charge in [-0.1, -0.05) is 0 Å². The van der Waals surface area contributed by atoms with Crippen LogP contribution in [-0.4, -0.2) is 61.2 Å². The van der Waals surface area contributed by atoms with E-state index in [1.54, 1.807) is 0 Å². The van der Waals surface area contributed by atoms with E-state index in [0.29, 0.717) is 0 Å². The fourth-order valence-electron chi connectivity index (χ4n) is 4.23. The van der Waals surface area contributed by atoms with Crippen LogP contribution in [0.5, 0.6) is 0 Å². The molecule has 3 heterocycles. The molecule has 0 aromatic carbocycles. The van der Waals surface area contributed by atoms with Crippen molar-refractivity contribution in [2.24, 2.45) is 0 Å². The Hall–Kier alpha value is -0.120. The maximum Gasteiger partial charge on any atom is 0.0125 e. The molecule has 3 rings (SSSR count). The molecular weight excluding hydrogens is 210 g/mol. The third kappa shape index (κ3) is 2.25. The van der Waals surface area contributed by atoms with Crippen molar-refractivity contribution >= 4 is 0 Å². The second kappa shape index (κ2) is 4.87. The molecule has 0 saturated carbocycles. The van der Waals surface area contributed by atoms with E-state index >= 15 is 0 Å². The quantitative estimate of drug-likeness (QED) is 0.781. The Morgan fingerprint density at radius 1 is 0.941 bits per heavy atom. The van der Waals surface area contributed by atoms with Crippen LogP contribution in [0.2, 0.25) is 0 Å². The number of piperidine rings is 2. The van der Waals surface area contributed by atoms with Crippen LogP contribution >= 0.6 is 0 Å². The smallest absolute Gasteiger partial charge is 0.0125 e. The highest BCUT2D eigenvalue weighted by molar-refractivity contribution is 4.97. The largest absolute Gasteiger partial charge is 0.317 e. The summed E-state index contributed by atoms with van der Waals surface area (Å²) >= 11 is 0. The molecule has 3 aliphatic heterocycles. The fraction of sp³-hybridized carbons (Fsp3) is 1.00. The van der Waals surface area contributed by atoms with Crippen molar-refractivity contribution in [1.29, 1.82) is 0 Å². The van der Waals surface area contributed by atoms with Gasteiger partial charge in [-0.25, -0.2) is 0 Å². The zero-order valence-electron chi connectivity index (χ0n) is 11.4. The third-order valence-corrected chi connectivity index (χ3v) is 5.53. The molecule has 98 valence electrons. The Balaban J connectivity index is 1.61. The molecule has 2 bridgehead atoms. The number of nitrogens with one attached hydrogen (secondary N) is 1. The lowest BCUT2D eigenvalue weighted by molar-refractivity contribution is 0.0569. The lowest BCUT2D eigenvalue weighted by atomic mass is 9.94. The molecule has 0 radical (unpaired) electrons. The van der Waals surface area contributed by atoms with Crippen LogP contribution in [-0.2, 0) is 0 Å². The van der Waals surface area contributed by atoms with Gasteiger partial charge >= 0.3 is 0 Å². The van der Waals surface area contributed by atoms with Crippen molar-refractivity contribution in [3.05, 3.63) is 0 Å². The predicted octanol–water partition coefficient (Wildman–Crippen LogP) is 1.30. The standard InChI is InChI=1S/C14H27N3/c1-16(11-5-7-15-8-6-11)14-9-12-3-4-13(10-14)17(12)2/h11-15H,3-10H2,1-2H3/t12-,13-/m0/s1. The van der Waals surface area contributed by atoms with E-state index in [-0.39, 0.29) is 0 Å². The van der Waals surface area contributed by atoms with E-state index in [1.165, 1.54) is 51.6 Å². The van der Waals surface area contributed by atoms with Gasteiger partial charge in [0, 0.05) is 24.2 Å². The minimum Gasteiger partial charge on any atom is -0.317 e. The summed E-state index contributed by atoms with van der Waals surface area (Å²) in [4.78, 5) is 5.37. The average molecular weight is 237 g/mol. The van der Waals surface area contributed by atoms with Gasteiger partial charge in [-0.2, -0.15) is 0 Å². The Labute approximate surface area is 106 Å². The summed E-state index contributed by atoms with van der Waals surface area (Å²) in [5.74, 6) is 0. The van der Waals surface area contributed by atoms with E-state index in [2.05, 4.69) is 29.2 Å². The fourth-order valence-corrected chi connectivity index (χ4v) is 4.23. The van der Waals surface area contributed by atoms with E-state index in [1.807, 2.05) is 0 Å². The first-order valence-corrected chi connectivity index (χ1v) is 7.40. The van der Waals surface area contributed by atoms with Crippen LogP contribution in [0, 0.1) is 0 Å². The summed E-state index contributed by atoms with van der Waals surface area (Å²) < 4.78 is 0. The number of nitrogens with zero attached hydrogens (tertiary/aromatic N) is 2. The molecule has 0 aliphatic carbocycles. The van der Waals surface area contributed by atoms with Crippen LogP contribution in [0.15, 0.2) is 0 Å². The topological polar surface area (TPSA) is 18.5 Å². The van der Waals surface area contributed by atoms with Gasteiger partial charge in [-0.05, 0) is 65.7 Å². The molecule has 0 spiro atoms. The molecule has 1 N–H and O–H groups in total. The molecule has 0 unspecified atom stereocenters. The first kappa shape index (κ1) is 11.9. The predicted molar refractivity (Wildman–Crippen MR) is 71.2 cm³/mol. The maximum absolute atomic E-state index is 3.47. The van der Waals surface area contributed by atoms with Crippen molar-refractivity contribution in [2.75, 3.05) is 27.2 Å². The molecule has 3 fully saturated rings. The number of rotatable bonds is 2. The van der Waals surface area contributed by atoms with Gasteiger partial charge < -0.3 is 15.1 Å². The van der Waals surface area contributed by atoms with Gasteiger partial charge in [0.05, 0.1) is 0 Å². The molecule has 3 heteroatoms. The Kier molecular flexibility index (Phi) is 3.42. The lowest BCUT2D eigenvalue weighted by Gasteiger charge is -2.44. The number of hydrogen-bond donors (Lipinski definition) is 1. The Bertz CT molecular complexity index is 248. The highest BCUT2D eigenvalue weighted by atomic mass is 15.2. The van der Waals surface area contributed by atoms with Crippen LogP contribution in [0.3, 0.4) is 0 Å². The summed E-state index contributed by atoms with van der Waals surface area (Å²) in [6, 6.07) is 3.45. The maximum atomic E-state index is 3.47. The molecule has 3 saturated heterocycles. The van der Waals surface area contributed by atoms with Crippen molar-refractivity contribution in [3.63, 3.8) is 0 Å². The molecule has 0 aromatic heterocycles. The van der Waals surface area contributed by atoms with Gasteiger partial charge in [-0.15, -0.1) is 0 Å². The van der Waals surface area contributed by atoms with Gasteiger partial charge in [0.2, 0.25) is 0 Å². The van der Waals surface area contributed by atoms with Crippen LogP contribution in [0.4, 0.5) is 0 Å². The summed E-state index contributed by atoms with van der Waals surface area (Å²) in [6.07, 6.45) is 8.40. The zero-order chi connectivity index (χ0) is 11.8. The zero-order valence-corrected chi connectivity index (χ0v) is 11.4. The van der Waals surface area contributed by atoms with Crippen LogP contribution in [0.1, 0.15) is 38.5 Å². The number of fused-ring (bicyclic) bond motifs is 2. The minimum atomic E-state index is 0.837. The second-order valence-electron chi connectivity index (χ2n) is 6.32. The van der Waals surface area contributed by atoms with Crippen LogP contribution in [0.25, 0.3) is 0 Å². The highest BCUT2D eigenvalue weighted by Crippen LogP contribution is 2.36. The Morgan fingerprint density at radius 2 is 1.53 bits per heavy atom.